The fourth-order valence-electron chi connectivity index (χ4n) is 2.87. The second kappa shape index (κ2) is 7.55. The fourth-order valence-corrected chi connectivity index (χ4v) is 2.87. The third-order valence-corrected chi connectivity index (χ3v) is 4.31. The van der Waals surface area contributed by atoms with Gasteiger partial charge in [0.25, 0.3) is 5.91 Å². The first-order valence-corrected chi connectivity index (χ1v) is 7.82. The zero-order valence-electron chi connectivity index (χ0n) is 14.3. The van der Waals surface area contributed by atoms with Crippen molar-refractivity contribution in [3.63, 3.8) is 0 Å². The number of piperidine rings is 1. The minimum atomic E-state index is -0.172. The number of nitrogens with one attached hydrogen (secondary N) is 2. The highest BCUT2D eigenvalue weighted by Gasteiger charge is 2.28. The Labute approximate surface area is 137 Å². The van der Waals surface area contributed by atoms with E-state index in [0.717, 1.165) is 25.9 Å². The van der Waals surface area contributed by atoms with Gasteiger partial charge in [-0.05, 0) is 24.8 Å². The highest BCUT2D eigenvalue weighted by molar-refractivity contribution is 5.97. The van der Waals surface area contributed by atoms with E-state index in [0.29, 0.717) is 29.4 Å². The molecule has 1 heterocycles. The lowest BCUT2D eigenvalue weighted by atomic mass is 9.83. The summed E-state index contributed by atoms with van der Waals surface area (Å²) in [4.78, 5) is 12.6. The Morgan fingerprint density at radius 2 is 1.83 bits per heavy atom. The fraction of sp³-hybridized carbons (Fsp3) is 0.588. The van der Waals surface area contributed by atoms with Gasteiger partial charge in [0, 0.05) is 25.2 Å². The minimum absolute atomic E-state index is 0.0811. The number of hydrogen-bond acceptors (Lipinski definition) is 5. The number of amides is 1. The van der Waals surface area contributed by atoms with Crippen molar-refractivity contribution in [3.05, 3.63) is 17.7 Å². The zero-order chi connectivity index (χ0) is 16.9. The summed E-state index contributed by atoms with van der Waals surface area (Å²) in [7, 11) is 4.62. The summed E-state index contributed by atoms with van der Waals surface area (Å²) in [5.74, 6) is 1.33. The van der Waals surface area contributed by atoms with Crippen molar-refractivity contribution in [1.82, 2.24) is 10.6 Å². The predicted molar refractivity (Wildman–Crippen MR) is 88.6 cm³/mol. The molecule has 1 aliphatic heterocycles. The average Bonchev–Trinajstić information content (AvgIpc) is 2.59. The van der Waals surface area contributed by atoms with Crippen LogP contribution in [0.3, 0.4) is 0 Å². The van der Waals surface area contributed by atoms with Crippen molar-refractivity contribution < 1.29 is 19.0 Å². The molecule has 1 fully saturated rings. The number of ether oxygens (including phenoxy) is 3. The molecule has 0 spiro atoms. The largest absolute Gasteiger partial charge is 0.496 e. The molecule has 0 bridgehead atoms. The topological polar surface area (TPSA) is 68.8 Å². The van der Waals surface area contributed by atoms with Crippen LogP contribution in [0.5, 0.6) is 17.2 Å². The second-order valence-corrected chi connectivity index (χ2v) is 6.18. The molecule has 2 N–H and O–H groups in total. The molecule has 6 heteroatoms. The van der Waals surface area contributed by atoms with Crippen LogP contribution in [0.2, 0.25) is 0 Å². The van der Waals surface area contributed by atoms with Crippen LogP contribution in [0.15, 0.2) is 12.1 Å². The van der Waals surface area contributed by atoms with Crippen molar-refractivity contribution in [2.45, 2.75) is 19.8 Å². The number of methoxy groups -OCH3 is 3. The zero-order valence-corrected chi connectivity index (χ0v) is 14.3. The summed E-state index contributed by atoms with van der Waals surface area (Å²) in [6.07, 6.45) is 2.23. The Kier molecular flexibility index (Phi) is 5.71. The maximum absolute atomic E-state index is 12.6. The van der Waals surface area contributed by atoms with Gasteiger partial charge in [-0.3, -0.25) is 4.79 Å². The summed E-state index contributed by atoms with van der Waals surface area (Å²) in [5, 5.41) is 6.40. The van der Waals surface area contributed by atoms with Crippen LogP contribution in [0.4, 0.5) is 0 Å². The molecular weight excluding hydrogens is 296 g/mol. The number of carbonyl (C=O) groups excluding carboxylic acids is 1. The van der Waals surface area contributed by atoms with Crippen molar-refractivity contribution in [2.75, 3.05) is 41.0 Å². The molecule has 1 unspecified atom stereocenters. The normalized spacial score (nSPS) is 20.7. The molecule has 2 rings (SSSR count). The van der Waals surface area contributed by atoms with E-state index < -0.39 is 0 Å². The van der Waals surface area contributed by atoms with Crippen LogP contribution in [-0.4, -0.2) is 46.9 Å². The standard InChI is InChI=1S/C17H26N2O4/c1-17(6-5-7-18-10-17)11-19-16(20)12-8-14(22-3)15(23-4)9-13(12)21-2/h8-9,18H,5-7,10-11H2,1-4H3,(H,19,20). The molecule has 1 aromatic carbocycles. The van der Waals surface area contributed by atoms with Gasteiger partial charge in [0.15, 0.2) is 11.5 Å². The van der Waals surface area contributed by atoms with Gasteiger partial charge in [0.1, 0.15) is 5.75 Å². The van der Waals surface area contributed by atoms with Gasteiger partial charge in [-0.25, -0.2) is 0 Å². The Hall–Kier alpha value is -1.95. The van der Waals surface area contributed by atoms with Crippen molar-refractivity contribution in [3.8, 4) is 17.2 Å². The maximum Gasteiger partial charge on any atom is 0.255 e. The molecule has 1 amide bonds. The predicted octanol–water partition coefficient (Wildman–Crippen LogP) is 1.83. The molecule has 0 radical (unpaired) electrons. The van der Waals surface area contributed by atoms with Gasteiger partial charge in [-0.15, -0.1) is 0 Å². The molecule has 0 aliphatic carbocycles. The van der Waals surface area contributed by atoms with Gasteiger partial charge >= 0.3 is 0 Å². The van der Waals surface area contributed by atoms with Crippen molar-refractivity contribution >= 4 is 5.91 Å². The van der Waals surface area contributed by atoms with Crippen molar-refractivity contribution in [2.24, 2.45) is 5.41 Å². The second-order valence-electron chi connectivity index (χ2n) is 6.18. The molecule has 0 saturated carbocycles. The van der Waals surface area contributed by atoms with E-state index in [2.05, 4.69) is 17.6 Å². The molecule has 1 saturated heterocycles. The van der Waals surface area contributed by atoms with E-state index in [-0.39, 0.29) is 11.3 Å². The first-order chi connectivity index (χ1) is 11.0. The van der Waals surface area contributed by atoms with Gasteiger partial charge in [-0.1, -0.05) is 6.92 Å². The lowest BCUT2D eigenvalue weighted by Gasteiger charge is -2.34. The molecule has 1 aliphatic rings. The molecule has 23 heavy (non-hydrogen) atoms. The van der Waals surface area contributed by atoms with Crippen LogP contribution >= 0.6 is 0 Å². The Balaban J connectivity index is 2.14. The van der Waals surface area contributed by atoms with E-state index in [4.69, 9.17) is 14.2 Å². The third kappa shape index (κ3) is 4.07. The summed E-state index contributed by atoms with van der Waals surface area (Å²) in [5.41, 5.74) is 0.523. The Morgan fingerprint density at radius 3 is 2.39 bits per heavy atom. The highest BCUT2D eigenvalue weighted by Crippen LogP contribution is 2.34. The lowest BCUT2D eigenvalue weighted by molar-refractivity contribution is 0.0921. The molecule has 128 valence electrons. The van der Waals surface area contributed by atoms with Gasteiger partial charge in [0.2, 0.25) is 0 Å². The third-order valence-electron chi connectivity index (χ3n) is 4.31. The molecule has 6 nitrogen and oxygen atoms in total. The van der Waals surface area contributed by atoms with Gasteiger partial charge in [0.05, 0.1) is 26.9 Å². The number of benzene rings is 1. The van der Waals surface area contributed by atoms with E-state index in [1.54, 1.807) is 26.4 Å². The summed E-state index contributed by atoms with van der Waals surface area (Å²) >= 11 is 0. The number of carbonyl (C=O) groups is 1. The smallest absolute Gasteiger partial charge is 0.255 e. The monoisotopic (exact) mass is 322 g/mol. The molecule has 0 aromatic heterocycles. The van der Waals surface area contributed by atoms with E-state index in [9.17, 15) is 4.79 Å². The first-order valence-electron chi connectivity index (χ1n) is 7.82. The van der Waals surface area contributed by atoms with Crippen LogP contribution in [0.25, 0.3) is 0 Å². The highest BCUT2D eigenvalue weighted by atomic mass is 16.5. The Morgan fingerprint density at radius 1 is 1.17 bits per heavy atom. The SMILES string of the molecule is COc1cc(OC)c(C(=O)NCC2(C)CCCNC2)cc1OC. The lowest BCUT2D eigenvalue weighted by Crippen LogP contribution is -2.45. The van der Waals surface area contributed by atoms with Gasteiger partial charge in [-0.2, -0.15) is 0 Å². The van der Waals surface area contributed by atoms with Crippen LogP contribution in [0.1, 0.15) is 30.1 Å². The number of hydrogen-bond donors (Lipinski definition) is 2. The van der Waals surface area contributed by atoms with Crippen LogP contribution < -0.4 is 24.8 Å². The average molecular weight is 322 g/mol. The molecule has 1 atom stereocenters. The summed E-state index contributed by atoms with van der Waals surface area (Å²) in [6, 6.07) is 3.31. The summed E-state index contributed by atoms with van der Waals surface area (Å²) < 4.78 is 15.8. The van der Waals surface area contributed by atoms with E-state index in [1.165, 1.54) is 7.11 Å². The Bertz CT molecular complexity index is 554. The van der Waals surface area contributed by atoms with Crippen LogP contribution in [-0.2, 0) is 0 Å². The quantitative estimate of drug-likeness (QED) is 0.836. The molecule has 1 aromatic rings. The van der Waals surface area contributed by atoms with E-state index in [1.807, 2.05) is 0 Å². The number of rotatable bonds is 6. The van der Waals surface area contributed by atoms with Crippen molar-refractivity contribution in [1.29, 1.82) is 0 Å². The molecular formula is C17H26N2O4. The van der Waals surface area contributed by atoms with Crippen LogP contribution in [0, 0.1) is 5.41 Å². The first kappa shape index (κ1) is 17.4. The van der Waals surface area contributed by atoms with Gasteiger partial charge < -0.3 is 24.8 Å². The van der Waals surface area contributed by atoms with E-state index >= 15 is 0 Å². The minimum Gasteiger partial charge on any atom is -0.496 e. The summed E-state index contributed by atoms with van der Waals surface area (Å²) in [6.45, 7) is 4.77. The maximum atomic E-state index is 12.6.